The van der Waals surface area contributed by atoms with Gasteiger partial charge in [-0.1, -0.05) is 0 Å². The molecule has 0 aliphatic heterocycles. The van der Waals surface area contributed by atoms with Crippen LogP contribution in [0.4, 0.5) is 5.00 Å². The fourth-order valence-electron chi connectivity index (χ4n) is 2.87. The molecule has 0 bridgehead atoms. The number of ether oxygens (including phenoxy) is 2. The van der Waals surface area contributed by atoms with Gasteiger partial charge in [0, 0.05) is 22.4 Å². The molecule has 152 valence electrons. The summed E-state index contributed by atoms with van der Waals surface area (Å²) in [5, 5.41) is 3.95. The first-order chi connectivity index (χ1) is 13.8. The van der Waals surface area contributed by atoms with E-state index >= 15 is 0 Å². The number of benzene rings is 1. The Hall–Kier alpha value is -3.13. The Morgan fingerprint density at radius 2 is 1.93 bits per heavy atom. The van der Waals surface area contributed by atoms with Gasteiger partial charge in [0.05, 0.1) is 12.2 Å². The predicted molar refractivity (Wildman–Crippen MR) is 111 cm³/mol. The van der Waals surface area contributed by atoms with Crippen molar-refractivity contribution >= 4 is 39.2 Å². The lowest BCUT2D eigenvalue weighted by Gasteiger charge is -2.09. The summed E-state index contributed by atoms with van der Waals surface area (Å²) in [7, 11) is 0. The van der Waals surface area contributed by atoms with Gasteiger partial charge < -0.3 is 19.2 Å². The summed E-state index contributed by atoms with van der Waals surface area (Å²) < 4.78 is 15.8. The molecule has 0 saturated heterocycles. The zero-order chi connectivity index (χ0) is 21.1. The van der Waals surface area contributed by atoms with Crippen molar-refractivity contribution in [1.82, 2.24) is 0 Å². The second-order valence-electron chi connectivity index (χ2n) is 6.45. The zero-order valence-corrected chi connectivity index (χ0v) is 17.4. The third kappa shape index (κ3) is 4.48. The van der Waals surface area contributed by atoms with E-state index in [-0.39, 0.29) is 13.2 Å². The number of amides is 1. The third-order valence-corrected chi connectivity index (χ3v) is 5.53. The van der Waals surface area contributed by atoms with Gasteiger partial charge in [-0.25, -0.2) is 9.59 Å². The number of hydrogen-bond acceptors (Lipinski definition) is 7. The molecule has 1 N–H and O–H groups in total. The zero-order valence-electron chi connectivity index (χ0n) is 16.6. The van der Waals surface area contributed by atoms with Crippen LogP contribution < -0.4 is 15.7 Å². The van der Waals surface area contributed by atoms with Crippen molar-refractivity contribution in [3.63, 3.8) is 0 Å². The molecule has 0 unspecified atom stereocenters. The second-order valence-corrected chi connectivity index (χ2v) is 7.68. The van der Waals surface area contributed by atoms with Crippen LogP contribution in [-0.2, 0) is 9.53 Å². The Morgan fingerprint density at radius 1 is 1.17 bits per heavy atom. The minimum atomic E-state index is -0.467. The van der Waals surface area contributed by atoms with Crippen LogP contribution in [0.5, 0.6) is 5.75 Å². The largest absolute Gasteiger partial charge is 0.484 e. The lowest BCUT2D eigenvalue weighted by molar-refractivity contribution is -0.118. The first-order valence-corrected chi connectivity index (χ1v) is 9.86. The molecule has 2 heterocycles. The van der Waals surface area contributed by atoms with Crippen molar-refractivity contribution < 1.29 is 23.5 Å². The van der Waals surface area contributed by atoms with E-state index in [1.165, 1.54) is 17.4 Å². The van der Waals surface area contributed by atoms with Gasteiger partial charge in [0.1, 0.15) is 16.3 Å². The number of nitrogens with one attached hydrogen (secondary N) is 1. The number of esters is 1. The SMILES string of the molecule is CCOC(=O)c1c(NC(=O)COc2ccc3c(C)cc(=O)oc3c2)sc(C)c1C. The molecule has 0 aliphatic carbocycles. The number of carbonyl (C=O) groups is 2. The van der Waals surface area contributed by atoms with Gasteiger partial charge in [-0.05, 0) is 51.0 Å². The molecule has 7 nitrogen and oxygen atoms in total. The smallest absolute Gasteiger partial charge is 0.341 e. The minimum Gasteiger partial charge on any atom is -0.484 e. The summed E-state index contributed by atoms with van der Waals surface area (Å²) >= 11 is 1.31. The maximum atomic E-state index is 12.4. The Morgan fingerprint density at radius 3 is 2.66 bits per heavy atom. The number of anilines is 1. The molecule has 0 radical (unpaired) electrons. The fraction of sp³-hybridized carbons (Fsp3) is 0.286. The number of aryl methyl sites for hydroxylation is 2. The van der Waals surface area contributed by atoms with E-state index in [0.717, 1.165) is 21.4 Å². The average molecular weight is 415 g/mol. The quantitative estimate of drug-likeness (QED) is 0.483. The Balaban J connectivity index is 1.72. The van der Waals surface area contributed by atoms with Crippen LogP contribution in [0.2, 0.25) is 0 Å². The van der Waals surface area contributed by atoms with Gasteiger partial charge >= 0.3 is 11.6 Å². The summed E-state index contributed by atoms with van der Waals surface area (Å²) in [5.74, 6) is -0.487. The van der Waals surface area contributed by atoms with Gasteiger partial charge in [-0.2, -0.15) is 0 Å². The van der Waals surface area contributed by atoms with Gasteiger partial charge in [-0.3, -0.25) is 4.79 Å². The summed E-state index contributed by atoms with van der Waals surface area (Å²) in [5.41, 5.74) is 1.90. The topological polar surface area (TPSA) is 94.8 Å². The molecule has 1 amide bonds. The van der Waals surface area contributed by atoms with E-state index in [1.807, 2.05) is 20.8 Å². The molecule has 0 spiro atoms. The molecule has 8 heteroatoms. The van der Waals surface area contributed by atoms with E-state index in [2.05, 4.69) is 5.32 Å². The molecule has 0 saturated carbocycles. The average Bonchev–Trinajstić information content (AvgIpc) is 2.93. The number of fused-ring (bicyclic) bond motifs is 1. The highest BCUT2D eigenvalue weighted by Gasteiger charge is 2.22. The Bertz CT molecular complexity index is 1140. The van der Waals surface area contributed by atoms with Crippen LogP contribution in [0.3, 0.4) is 0 Å². The molecule has 3 aromatic rings. The predicted octanol–water partition coefficient (Wildman–Crippen LogP) is 3.97. The number of rotatable bonds is 6. The lowest BCUT2D eigenvalue weighted by Crippen LogP contribution is -2.21. The van der Waals surface area contributed by atoms with Gasteiger partial charge in [0.25, 0.3) is 5.91 Å². The van der Waals surface area contributed by atoms with Crippen molar-refractivity contribution in [2.75, 3.05) is 18.5 Å². The van der Waals surface area contributed by atoms with Gasteiger partial charge in [-0.15, -0.1) is 11.3 Å². The monoisotopic (exact) mass is 415 g/mol. The van der Waals surface area contributed by atoms with Crippen molar-refractivity contribution in [3.05, 3.63) is 56.3 Å². The van der Waals surface area contributed by atoms with Crippen molar-refractivity contribution in [2.45, 2.75) is 27.7 Å². The summed E-state index contributed by atoms with van der Waals surface area (Å²) in [4.78, 5) is 37.0. The molecule has 0 atom stereocenters. The van der Waals surface area contributed by atoms with Crippen LogP contribution in [0.25, 0.3) is 11.0 Å². The molecule has 0 aliphatic rings. The highest BCUT2D eigenvalue weighted by molar-refractivity contribution is 7.16. The van der Waals surface area contributed by atoms with Crippen molar-refractivity contribution in [1.29, 1.82) is 0 Å². The Labute approximate surface area is 171 Å². The van der Waals surface area contributed by atoms with Crippen LogP contribution >= 0.6 is 11.3 Å². The molecule has 1 aromatic carbocycles. The van der Waals surface area contributed by atoms with Crippen LogP contribution in [-0.4, -0.2) is 25.1 Å². The van der Waals surface area contributed by atoms with E-state index in [9.17, 15) is 14.4 Å². The summed E-state index contributed by atoms with van der Waals surface area (Å²) in [6.45, 7) is 7.22. The lowest BCUT2D eigenvalue weighted by atomic mass is 10.1. The van der Waals surface area contributed by atoms with Gasteiger partial charge in [0.15, 0.2) is 6.61 Å². The van der Waals surface area contributed by atoms with Gasteiger partial charge in [0.2, 0.25) is 0 Å². The molecular formula is C21H21NO6S. The normalized spacial score (nSPS) is 10.8. The molecule has 2 aromatic heterocycles. The first-order valence-electron chi connectivity index (χ1n) is 9.04. The second kappa shape index (κ2) is 8.48. The maximum Gasteiger partial charge on any atom is 0.341 e. The Kier molecular flexibility index (Phi) is 6.03. The maximum absolute atomic E-state index is 12.4. The molecule has 29 heavy (non-hydrogen) atoms. The highest BCUT2D eigenvalue weighted by Crippen LogP contribution is 2.33. The fourth-order valence-corrected chi connectivity index (χ4v) is 3.94. The van der Waals surface area contributed by atoms with E-state index in [0.29, 0.717) is 21.9 Å². The number of carbonyl (C=O) groups excluding carboxylic acids is 2. The van der Waals surface area contributed by atoms with Crippen LogP contribution in [0, 0.1) is 20.8 Å². The van der Waals surface area contributed by atoms with E-state index < -0.39 is 17.5 Å². The molecule has 0 fully saturated rings. The number of hydrogen-bond donors (Lipinski definition) is 1. The third-order valence-electron chi connectivity index (χ3n) is 4.41. The van der Waals surface area contributed by atoms with Crippen LogP contribution in [0.1, 0.15) is 33.3 Å². The molecular weight excluding hydrogens is 394 g/mol. The van der Waals surface area contributed by atoms with E-state index in [4.69, 9.17) is 13.9 Å². The minimum absolute atomic E-state index is 0.251. The first kappa shape index (κ1) is 20.6. The summed E-state index contributed by atoms with van der Waals surface area (Å²) in [6.07, 6.45) is 0. The molecule has 3 rings (SSSR count). The highest BCUT2D eigenvalue weighted by atomic mass is 32.1. The number of thiophene rings is 1. The van der Waals surface area contributed by atoms with Crippen molar-refractivity contribution in [3.8, 4) is 5.75 Å². The van der Waals surface area contributed by atoms with Crippen LogP contribution in [0.15, 0.2) is 33.5 Å². The van der Waals surface area contributed by atoms with E-state index in [1.54, 1.807) is 25.1 Å². The van der Waals surface area contributed by atoms with Crippen molar-refractivity contribution in [2.24, 2.45) is 0 Å². The standard InChI is InChI=1S/C21H21NO6S/c1-5-26-21(25)19-12(3)13(4)29-20(19)22-17(23)10-27-14-6-7-15-11(2)8-18(24)28-16(15)9-14/h6-9H,5,10H2,1-4H3,(H,22,23). The summed E-state index contributed by atoms with van der Waals surface area (Å²) in [6, 6.07) is 6.46.